The Bertz CT molecular complexity index is 700. The standard InChI is InChI=1S/C17H20N4O2S/c22-15(19-10-8-13-5-2-1-3-6-13)12-24-17-21-20-16(23-17)14-7-4-9-18-11-14/h4-5,7,9,11H,1-3,6,8,10,12H2,(H,19,22). The molecule has 7 heteroatoms. The molecule has 2 heterocycles. The molecule has 2 aromatic heterocycles. The zero-order valence-electron chi connectivity index (χ0n) is 13.4. The third-order valence-corrected chi connectivity index (χ3v) is 4.61. The predicted octanol–water partition coefficient (Wildman–Crippen LogP) is 3.23. The summed E-state index contributed by atoms with van der Waals surface area (Å²) < 4.78 is 5.53. The average Bonchev–Trinajstić information content (AvgIpc) is 3.11. The summed E-state index contributed by atoms with van der Waals surface area (Å²) >= 11 is 1.24. The first-order chi connectivity index (χ1) is 11.8. The molecule has 1 N–H and O–H groups in total. The van der Waals surface area contributed by atoms with E-state index < -0.39 is 0 Å². The highest BCUT2D eigenvalue weighted by Crippen LogP contribution is 2.22. The second kappa shape index (κ2) is 8.63. The maximum atomic E-state index is 11.9. The van der Waals surface area contributed by atoms with Gasteiger partial charge in [0.2, 0.25) is 11.8 Å². The van der Waals surface area contributed by atoms with E-state index in [1.807, 2.05) is 12.1 Å². The molecule has 3 rings (SSSR count). The Morgan fingerprint density at radius 3 is 3.08 bits per heavy atom. The molecular formula is C17H20N4O2S. The highest BCUT2D eigenvalue weighted by Gasteiger charge is 2.11. The van der Waals surface area contributed by atoms with Crippen LogP contribution in [0.15, 0.2) is 45.8 Å². The van der Waals surface area contributed by atoms with Crippen LogP contribution in [-0.4, -0.2) is 33.4 Å². The Labute approximate surface area is 145 Å². The van der Waals surface area contributed by atoms with E-state index in [4.69, 9.17) is 4.42 Å². The van der Waals surface area contributed by atoms with Crippen LogP contribution in [0.1, 0.15) is 32.1 Å². The second-order valence-corrected chi connectivity index (χ2v) is 6.54. The molecule has 126 valence electrons. The number of pyridine rings is 1. The number of nitrogens with zero attached hydrogens (tertiary/aromatic N) is 3. The summed E-state index contributed by atoms with van der Waals surface area (Å²) in [7, 11) is 0. The van der Waals surface area contributed by atoms with Gasteiger partial charge in [-0.2, -0.15) is 0 Å². The number of hydrogen-bond donors (Lipinski definition) is 1. The van der Waals surface area contributed by atoms with Crippen molar-refractivity contribution in [1.82, 2.24) is 20.5 Å². The van der Waals surface area contributed by atoms with Crippen LogP contribution >= 0.6 is 11.8 Å². The van der Waals surface area contributed by atoms with Gasteiger partial charge < -0.3 is 9.73 Å². The molecule has 1 aliphatic rings. The molecule has 0 bridgehead atoms. The van der Waals surface area contributed by atoms with Gasteiger partial charge in [-0.25, -0.2) is 0 Å². The maximum Gasteiger partial charge on any atom is 0.277 e. The number of allylic oxidation sites excluding steroid dienone is 1. The van der Waals surface area contributed by atoms with Crippen molar-refractivity contribution in [3.8, 4) is 11.5 Å². The zero-order chi connectivity index (χ0) is 16.6. The van der Waals surface area contributed by atoms with E-state index in [1.54, 1.807) is 12.4 Å². The SMILES string of the molecule is O=C(CSc1nnc(-c2cccnc2)o1)NCCC1=CCCCC1. The summed E-state index contributed by atoms with van der Waals surface area (Å²) in [6.45, 7) is 0.690. The Kier molecular flexibility index (Phi) is 6.01. The smallest absolute Gasteiger partial charge is 0.277 e. The van der Waals surface area contributed by atoms with Gasteiger partial charge in [-0.05, 0) is 44.2 Å². The van der Waals surface area contributed by atoms with Gasteiger partial charge >= 0.3 is 0 Å². The molecule has 0 atom stereocenters. The van der Waals surface area contributed by atoms with Crippen LogP contribution in [0.2, 0.25) is 0 Å². The number of hydrogen-bond acceptors (Lipinski definition) is 6. The third-order valence-electron chi connectivity index (χ3n) is 3.79. The molecular weight excluding hydrogens is 324 g/mol. The molecule has 0 aromatic carbocycles. The quantitative estimate of drug-likeness (QED) is 0.613. The monoisotopic (exact) mass is 344 g/mol. The van der Waals surface area contributed by atoms with Crippen molar-refractivity contribution in [3.05, 3.63) is 36.2 Å². The largest absolute Gasteiger partial charge is 0.411 e. The summed E-state index contributed by atoms with van der Waals surface area (Å²) in [6, 6.07) is 3.66. The second-order valence-electron chi connectivity index (χ2n) is 5.61. The summed E-state index contributed by atoms with van der Waals surface area (Å²) in [5.74, 6) is 0.668. The molecule has 0 fully saturated rings. The Balaban J connectivity index is 1.40. The lowest BCUT2D eigenvalue weighted by molar-refractivity contribution is -0.118. The first-order valence-electron chi connectivity index (χ1n) is 8.12. The van der Waals surface area contributed by atoms with E-state index in [-0.39, 0.29) is 11.7 Å². The summed E-state index contributed by atoms with van der Waals surface area (Å²) in [5.41, 5.74) is 2.23. The molecule has 1 amide bonds. The first kappa shape index (κ1) is 16.7. The van der Waals surface area contributed by atoms with Crippen molar-refractivity contribution in [2.45, 2.75) is 37.3 Å². The van der Waals surface area contributed by atoms with Gasteiger partial charge in [0.15, 0.2) is 0 Å². The minimum Gasteiger partial charge on any atom is -0.411 e. The Morgan fingerprint density at radius 2 is 2.29 bits per heavy atom. The van der Waals surface area contributed by atoms with E-state index in [2.05, 4.69) is 26.6 Å². The van der Waals surface area contributed by atoms with Crippen LogP contribution in [0.25, 0.3) is 11.5 Å². The van der Waals surface area contributed by atoms with Crippen LogP contribution in [0, 0.1) is 0 Å². The van der Waals surface area contributed by atoms with Crippen molar-refractivity contribution in [2.75, 3.05) is 12.3 Å². The number of rotatable bonds is 7. The summed E-state index contributed by atoms with van der Waals surface area (Å²) in [6.07, 6.45) is 11.5. The molecule has 0 saturated heterocycles. The van der Waals surface area contributed by atoms with Crippen LogP contribution in [0.5, 0.6) is 0 Å². The van der Waals surface area contributed by atoms with Crippen molar-refractivity contribution < 1.29 is 9.21 Å². The fourth-order valence-corrected chi connectivity index (χ4v) is 3.14. The predicted molar refractivity (Wildman–Crippen MR) is 92.4 cm³/mol. The van der Waals surface area contributed by atoms with Gasteiger partial charge in [-0.1, -0.05) is 23.4 Å². The van der Waals surface area contributed by atoms with Crippen molar-refractivity contribution in [1.29, 1.82) is 0 Å². The number of thioether (sulfide) groups is 1. The summed E-state index contributed by atoms with van der Waals surface area (Å²) in [4.78, 5) is 15.9. The van der Waals surface area contributed by atoms with Gasteiger partial charge in [0.1, 0.15) is 0 Å². The maximum absolute atomic E-state index is 11.9. The van der Waals surface area contributed by atoms with E-state index in [9.17, 15) is 4.79 Å². The number of amides is 1. The minimum atomic E-state index is -0.0162. The molecule has 1 aliphatic carbocycles. The zero-order valence-corrected chi connectivity index (χ0v) is 14.2. The highest BCUT2D eigenvalue weighted by molar-refractivity contribution is 7.99. The minimum absolute atomic E-state index is 0.0162. The number of carbonyl (C=O) groups excluding carboxylic acids is 1. The molecule has 0 saturated carbocycles. The van der Waals surface area contributed by atoms with Gasteiger partial charge in [0.05, 0.1) is 11.3 Å². The van der Waals surface area contributed by atoms with E-state index in [0.29, 0.717) is 17.7 Å². The van der Waals surface area contributed by atoms with Crippen molar-refractivity contribution in [3.63, 3.8) is 0 Å². The van der Waals surface area contributed by atoms with Crippen LogP contribution < -0.4 is 5.32 Å². The first-order valence-corrected chi connectivity index (χ1v) is 9.11. The normalized spacial score (nSPS) is 14.2. The van der Waals surface area contributed by atoms with E-state index in [1.165, 1.54) is 43.0 Å². The lowest BCUT2D eigenvalue weighted by Crippen LogP contribution is -2.26. The van der Waals surface area contributed by atoms with Gasteiger partial charge in [-0.15, -0.1) is 10.2 Å². The van der Waals surface area contributed by atoms with Crippen molar-refractivity contribution in [2.24, 2.45) is 0 Å². The molecule has 0 aliphatic heterocycles. The number of carbonyl (C=O) groups is 1. The average molecular weight is 344 g/mol. The number of nitrogens with one attached hydrogen (secondary N) is 1. The lowest BCUT2D eigenvalue weighted by Gasteiger charge is -2.12. The fraction of sp³-hybridized carbons (Fsp3) is 0.412. The van der Waals surface area contributed by atoms with Crippen LogP contribution in [0.4, 0.5) is 0 Å². The van der Waals surface area contributed by atoms with Gasteiger partial charge in [0.25, 0.3) is 5.22 Å². The topological polar surface area (TPSA) is 80.9 Å². The third kappa shape index (κ3) is 4.92. The Hall–Kier alpha value is -2.15. The lowest BCUT2D eigenvalue weighted by atomic mass is 9.97. The van der Waals surface area contributed by atoms with Crippen LogP contribution in [0.3, 0.4) is 0 Å². The molecule has 0 unspecified atom stereocenters. The molecule has 6 nitrogen and oxygen atoms in total. The molecule has 24 heavy (non-hydrogen) atoms. The number of aromatic nitrogens is 3. The fourth-order valence-electron chi connectivity index (χ4n) is 2.55. The van der Waals surface area contributed by atoms with E-state index in [0.717, 1.165) is 12.0 Å². The van der Waals surface area contributed by atoms with Crippen molar-refractivity contribution >= 4 is 17.7 Å². The molecule has 2 aromatic rings. The Morgan fingerprint density at radius 1 is 1.33 bits per heavy atom. The summed E-state index contributed by atoms with van der Waals surface area (Å²) in [5, 5.41) is 11.2. The van der Waals surface area contributed by atoms with Gasteiger partial charge in [-0.3, -0.25) is 9.78 Å². The van der Waals surface area contributed by atoms with E-state index >= 15 is 0 Å². The highest BCUT2D eigenvalue weighted by atomic mass is 32.2. The molecule has 0 spiro atoms. The van der Waals surface area contributed by atoms with Gasteiger partial charge in [0, 0.05) is 18.9 Å². The van der Waals surface area contributed by atoms with Crippen LogP contribution in [-0.2, 0) is 4.79 Å². The molecule has 0 radical (unpaired) electrons.